The number of nitrogens with one attached hydrogen (secondary N) is 2. The Labute approximate surface area is 120 Å². The molecule has 0 heterocycles. The van der Waals surface area contributed by atoms with Gasteiger partial charge in [0.05, 0.1) is 6.17 Å². The third kappa shape index (κ3) is 7.11. The van der Waals surface area contributed by atoms with E-state index in [2.05, 4.69) is 17.6 Å². The maximum absolute atomic E-state index is 11.7. The number of benzene rings is 1. The van der Waals surface area contributed by atoms with Crippen LogP contribution in [0, 0.1) is 0 Å². The second-order valence-electron chi connectivity index (χ2n) is 4.58. The number of amides is 1. The smallest absolute Gasteiger partial charge is 0.408 e. The molecule has 3 N–H and O–H groups in total. The summed E-state index contributed by atoms with van der Waals surface area (Å²) in [6.45, 7) is 3.13. The highest BCUT2D eigenvalue weighted by Crippen LogP contribution is 2.01. The van der Waals surface area contributed by atoms with E-state index in [1.807, 2.05) is 30.3 Å². The van der Waals surface area contributed by atoms with Crippen molar-refractivity contribution < 1.29 is 14.6 Å². The molecule has 0 bridgehead atoms. The van der Waals surface area contributed by atoms with Crippen LogP contribution in [0.3, 0.4) is 0 Å². The Morgan fingerprint density at radius 3 is 2.75 bits per heavy atom. The molecule has 0 saturated carbocycles. The van der Waals surface area contributed by atoms with Crippen LogP contribution in [0.15, 0.2) is 30.3 Å². The third-order valence-corrected chi connectivity index (χ3v) is 2.81. The molecule has 5 nitrogen and oxygen atoms in total. The van der Waals surface area contributed by atoms with Crippen LogP contribution in [0.2, 0.25) is 0 Å². The van der Waals surface area contributed by atoms with Crippen LogP contribution in [-0.4, -0.2) is 30.5 Å². The molecule has 112 valence electrons. The lowest BCUT2D eigenvalue weighted by Gasteiger charge is -2.19. The molecule has 1 aromatic carbocycles. The Kier molecular flexibility index (Phi) is 8.42. The first-order valence-corrected chi connectivity index (χ1v) is 7.07. The molecule has 0 aliphatic carbocycles. The summed E-state index contributed by atoms with van der Waals surface area (Å²) in [7, 11) is 0. The quantitative estimate of drug-likeness (QED) is 0.478. The first-order chi connectivity index (χ1) is 9.76. The molecular weight excluding hydrogens is 256 g/mol. The highest BCUT2D eigenvalue weighted by Gasteiger charge is 2.11. The minimum Gasteiger partial charge on any atom is -0.445 e. The zero-order chi connectivity index (χ0) is 14.6. The van der Waals surface area contributed by atoms with Crippen LogP contribution in [0.4, 0.5) is 4.79 Å². The summed E-state index contributed by atoms with van der Waals surface area (Å²) in [5.41, 5.74) is 0.961. The van der Waals surface area contributed by atoms with Gasteiger partial charge in [0, 0.05) is 6.61 Å². The molecule has 0 aliphatic heterocycles. The number of carbonyl (C=O) groups excluding carboxylic acids is 1. The van der Waals surface area contributed by atoms with Crippen molar-refractivity contribution in [2.45, 2.75) is 39.0 Å². The number of rotatable bonds is 9. The van der Waals surface area contributed by atoms with Gasteiger partial charge in [0.25, 0.3) is 0 Å². The van der Waals surface area contributed by atoms with E-state index in [-0.39, 0.29) is 19.4 Å². The number of aliphatic hydroxyl groups is 1. The molecule has 1 atom stereocenters. The number of aliphatic hydroxyl groups excluding tert-OH is 1. The van der Waals surface area contributed by atoms with Crippen molar-refractivity contribution in [3.63, 3.8) is 0 Å². The van der Waals surface area contributed by atoms with Crippen LogP contribution in [0.1, 0.15) is 31.7 Å². The molecule has 1 rings (SSSR count). The first-order valence-electron chi connectivity index (χ1n) is 7.07. The zero-order valence-electron chi connectivity index (χ0n) is 12.0. The zero-order valence-corrected chi connectivity index (χ0v) is 12.0. The third-order valence-electron chi connectivity index (χ3n) is 2.81. The van der Waals surface area contributed by atoms with Gasteiger partial charge in [-0.25, -0.2) is 4.79 Å². The number of hydrogen-bond acceptors (Lipinski definition) is 4. The molecule has 20 heavy (non-hydrogen) atoms. The standard InChI is InChI=1S/C15H24N2O3/c1-2-7-14(16-10-6-11-18)17-15(19)20-12-13-8-4-3-5-9-13/h3-5,8-9,14,16,18H,2,6-7,10-12H2,1H3,(H,17,19). The Morgan fingerprint density at radius 2 is 2.10 bits per heavy atom. The van der Waals surface area contributed by atoms with E-state index >= 15 is 0 Å². The van der Waals surface area contributed by atoms with Gasteiger partial charge in [0.2, 0.25) is 0 Å². The minimum atomic E-state index is -0.427. The summed E-state index contributed by atoms with van der Waals surface area (Å²) in [6.07, 6.45) is 1.90. The Morgan fingerprint density at radius 1 is 1.35 bits per heavy atom. The van der Waals surface area contributed by atoms with Gasteiger partial charge in [-0.1, -0.05) is 43.7 Å². The molecule has 1 unspecified atom stereocenters. The molecule has 0 aromatic heterocycles. The average Bonchev–Trinajstić information content (AvgIpc) is 2.47. The highest BCUT2D eigenvalue weighted by atomic mass is 16.5. The summed E-state index contributed by atoms with van der Waals surface area (Å²) in [6, 6.07) is 9.57. The van der Waals surface area contributed by atoms with Gasteiger partial charge in [0.1, 0.15) is 6.61 Å². The Hall–Kier alpha value is -1.59. The Balaban J connectivity index is 2.29. The predicted molar refractivity (Wildman–Crippen MR) is 78.2 cm³/mol. The maximum Gasteiger partial charge on any atom is 0.408 e. The molecule has 1 aromatic rings. The highest BCUT2D eigenvalue weighted by molar-refractivity contribution is 5.67. The van der Waals surface area contributed by atoms with Gasteiger partial charge in [0.15, 0.2) is 0 Å². The average molecular weight is 280 g/mol. The van der Waals surface area contributed by atoms with Crippen molar-refractivity contribution in [1.82, 2.24) is 10.6 Å². The Bertz CT molecular complexity index is 371. The van der Waals surface area contributed by atoms with Gasteiger partial charge >= 0.3 is 6.09 Å². The minimum absolute atomic E-state index is 0.116. The van der Waals surface area contributed by atoms with Crippen LogP contribution >= 0.6 is 0 Å². The summed E-state index contributed by atoms with van der Waals surface area (Å²) in [5, 5.41) is 14.7. The van der Waals surface area contributed by atoms with Crippen molar-refractivity contribution in [3.8, 4) is 0 Å². The van der Waals surface area contributed by atoms with Crippen LogP contribution in [0.5, 0.6) is 0 Å². The van der Waals surface area contributed by atoms with Crippen LogP contribution in [0.25, 0.3) is 0 Å². The lowest BCUT2D eigenvalue weighted by atomic mass is 10.2. The number of hydrogen-bond donors (Lipinski definition) is 3. The molecular formula is C15H24N2O3. The number of ether oxygens (including phenoxy) is 1. The molecule has 0 fully saturated rings. The normalized spacial score (nSPS) is 11.9. The topological polar surface area (TPSA) is 70.6 Å². The van der Waals surface area contributed by atoms with E-state index in [0.29, 0.717) is 13.0 Å². The fourth-order valence-electron chi connectivity index (χ4n) is 1.78. The molecule has 5 heteroatoms. The molecule has 0 spiro atoms. The second kappa shape index (κ2) is 10.2. The van der Waals surface area contributed by atoms with E-state index in [1.54, 1.807) is 0 Å². The van der Waals surface area contributed by atoms with E-state index in [1.165, 1.54) is 0 Å². The summed E-state index contributed by atoms with van der Waals surface area (Å²) < 4.78 is 5.17. The monoisotopic (exact) mass is 280 g/mol. The molecule has 1 amide bonds. The van der Waals surface area contributed by atoms with Crippen molar-refractivity contribution in [2.24, 2.45) is 0 Å². The van der Waals surface area contributed by atoms with Gasteiger partial charge < -0.3 is 15.2 Å². The SMILES string of the molecule is CCCC(NCCCO)NC(=O)OCc1ccccc1. The van der Waals surface area contributed by atoms with E-state index in [4.69, 9.17) is 9.84 Å². The van der Waals surface area contributed by atoms with E-state index in [0.717, 1.165) is 18.4 Å². The molecule has 0 saturated heterocycles. The first kappa shape index (κ1) is 16.5. The van der Waals surface area contributed by atoms with Gasteiger partial charge in [-0.05, 0) is 24.9 Å². The van der Waals surface area contributed by atoms with Gasteiger partial charge in [-0.2, -0.15) is 0 Å². The predicted octanol–water partition coefficient (Wildman–Crippen LogP) is 2.01. The fourth-order valence-corrected chi connectivity index (χ4v) is 1.78. The lowest BCUT2D eigenvalue weighted by Crippen LogP contribution is -2.45. The summed E-state index contributed by atoms with van der Waals surface area (Å²) in [5.74, 6) is 0. The largest absolute Gasteiger partial charge is 0.445 e. The van der Waals surface area contributed by atoms with Gasteiger partial charge in [-0.15, -0.1) is 0 Å². The number of alkyl carbamates (subject to hydrolysis) is 1. The van der Waals surface area contributed by atoms with Crippen molar-refractivity contribution in [2.75, 3.05) is 13.2 Å². The summed E-state index contributed by atoms with van der Waals surface area (Å²) in [4.78, 5) is 11.7. The van der Waals surface area contributed by atoms with Crippen molar-refractivity contribution in [1.29, 1.82) is 0 Å². The van der Waals surface area contributed by atoms with E-state index in [9.17, 15) is 4.79 Å². The van der Waals surface area contributed by atoms with Gasteiger partial charge in [-0.3, -0.25) is 5.32 Å². The summed E-state index contributed by atoms with van der Waals surface area (Å²) >= 11 is 0. The van der Waals surface area contributed by atoms with E-state index < -0.39 is 6.09 Å². The lowest BCUT2D eigenvalue weighted by molar-refractivity contribution is 0.132. The molecule has 0 aliphatic rings. The van der Waals surface area contributed by atoms with Crippen molar-refractivity contribution >= 4 is 6.09 Å². The fraction of sp³-hybridized carbons (Fsp3) is 0.533. The second-order valence-corrected chi connectivity index (χ2v) is 4.58. The van der Waals surface area contributed by atoms with Crippen LogP contribution in [-0.2, 0) is 11.3 Å². The number of carbonyl (C=O) groups is 1. The van der Waals surface area contributed by atoms with Crippen LogP contribution < -0.4 is 10.6 Å². The maximum atomic E-state index is 11.7. The van der Waals surface area contributed by atoms with Crippen molar-refractivity contribution in [3.05, 3.63) is 35.9 Å². The molecule has 0 radical (unpaired) electrons.